The van der Waals surface area contributed by atoms with Crippen LogP contribution in [0.3, 0.4) is 0 Å². The lowest BCUT2D eigenvalue weighted by Crippen LogP contribution is -2.70. The van der Waals surface area contributed by atoms with Gasteiger partial charge in [0.2, 0.25) is 5.79 Å². The lowest BCUT2D eigenvalue weighted by atomic mass is 9.41. The highest BCUT2D eigenvalue weighted by atomic mass is 16.8. The number of fused-ring (bicyclic) bond motifs is 9. The Morgan fingerprint density at radius 2 is 1.57 bits per heavy atom. The third-order valence-corrected chi connectivity index (χ3v) is 15.2. The van der Waals surface area contributed by atoms with Crippen LogP contribution in [-0.4, -0.2) is 94.0 Å². The van der Waals surface area contributed by atoms with Gasteiger partial charge in [0.25, 0.3) is 0 Å². The van der Waals surface area contributed by atoms with Crippen molar-refractivity contribution in [2.75, 3.05) is 0 Å². The summed E-state index contributed by atoms with van der Waals surface area (Å²) in [7, 11) is 0. The Hall–Kier alpha value is -2.61. The molecule has 0 radical (unpaired) electrons. The summed E-state index contributed by atoms with van der Waals surface area (Å²) < 4.78 is 36.9. The fourth-order valence-electron chi connectivity index (χ4n) is 12.9. The molecular formula is C36H48O13. The lowest BCUT2D eigenvalue weighted by molar-refractivity contribution is -0.236. The zero-order valence-corrected chi connectivity index (χ0v) is 29.5. The Morgan fingerprint density at radius 3 is 2.18 bits per heavy atom. The predicted octanol–water partition coefficient (Wildman–Crippen LogP) is 1.72. The summed E-state index contributed by atoms with van der Waals surface area (Å²) >= 11 is 0. The molecular weight excluding hydrogens is 640 g/mol. The van der Waals surface area contributed by atoms with E-state index in [9.17, 15) is 34.2 Å². The van der Waals surface area contributed by atoms with Crippen molar-refractivity contribution < 1.29 is 62.6 Å². The first-order valence-corrected chi connectivity index (χ1v) is 17.8. The summed E-state index contributed by atoms with van der Waals surface area (Å²) in [5, 5.41) is 24.2. The number of esters is 4. The van der Waals surface area contributed by atoms with Crippen LogP contribution in [0.1, 0.15) is 75.2 Å². The standard InChI is InChI=1S/C36H48O13/c1-12(2)30(41)47-29-26-18(46-26)10-17-24(39)25(40)20-16(32(17,29)6)11-19(44-14(4)37)33(7)21-13(3)28-36(48-28)34(8,35(9,43)31(42)49-36)23(21)27(22(20)33)45-15(5)38/h12-13,16-23,25-29,40,43H,10-11H2,1-9H3/t13-,16?,17+,18-,19-,20?,21-,22+,23-,25+,26-,27+,28+,29-,32+,33+,34-,35+,36-/m0/s1. The first kappa shape index (κ1) is 33.5. The molecule has 2 N–H and O–H groups in total. The van der Waals surface area contributed by atoms with Crippen LogP contribution in [0.15, 0.2) is 0 Å². The van der Waals surface area contributed by atoms with Crippen molar-refractivity contribution in [1.82, 2.24) is 0 Å². The molecule has 0 aromatic rings. The number of ether oxygens (including phenoxy) is 6. The highest BCUT2D eigenvalue weighted by Gasteiger charge is 2.93. The molecule has 3 heterocycles. The summed E-state index contributed by atoms with van der Waals surface area (Å²) in [5.74, 6) is -9.20. The minimum absolute atomic E-state index is 0.226. The maximum absolute atomic E-state index is 14.5. The number of aliphatic hydroxyl groups excluding tert-OH is 1. The van der Waals surface area contributed by atoms with Crippen LogP contribution >= 0.6 is 0 Å². The van der Waals surface area contributed by atoms with Crippen molar-refractivity contribution in [3.63, 3.8) is 0 Å². The molecule has 0 aromatic carbocycles. The number of hydrogen-bond donors (Lipinski definition) is 2. The fourth-order valence-corrected chi connectivity index (χ4v) is 12.9. The van der Waals surface area contributed by atoms with Crippen LogP contribution in [0.2, 0.25) is 0 Å². The maximum atomic E-state index is 14.5. The Balaban J connectivity index is 1.34. The van der Waals surface area contributed by atoms with Crippen molar-refractivity contribution in [2.24, 2.45) is 63.6 Å². The Labute approximate surface area is 285 Å². The molecule has 13 heteroatoms. The number of ketones is 1. The van der Waals surface area contributed by atoms with E-state index < -0.39 is 130 Å². The van der Waals surface area contributed by atoms with Gasteiger partial charge in [-0.3, -0.25) is 19.2 Å². The van der Waals surface area contributed by atoms with E-state index in [1.807, 2.05) is 20.8 Å². The molecule has 0 amide bonds. The van der Waals surface area contributed by atoms with Crippen molar-refractivity contribution >= 4 is 29.7 Å². The molecule has 270 valence electrons. The number of carbonyl (C=O) groups excluding carboxylic acids is 5. The number of epoxide rings is 2. The number of hydrogen-bond acceptors (Lipinski definition) is 13. The summed E-state index contributed by atoms with van der Waals surface area (Å²) in [6.07, 6.45) is -4.88. The molecule has 2 unspecified atom stereocenters. The van der Waals surface area contributed by atoms with Crippen LogP contribution in [0, 0.1) is 63.6 Å². The summed E-state index contributed by atoms with van der Waals surface area (Å²) in [6, 6.07) is 0. The maximum Gasteiger partial charge on any atom is 0.341 e. The van der Waals surface area contributed by atoms with Crippen LogP contribution < -0.4 is 0 Å². The second-order valence-corrected chi connectivity index (χ2v) is 17.4. The van der Waals surface area contributed by atoms with E-state index in [-0.39, 0.29) is 24.2 Å². The largest absolute Gasteiger partial charge is 0.462 e. The van der Waals surface area contributed by atoms with E-state index in [1.54, 1.807) is 20.8 Å². The van der Waals surface area contributed by atoms with Crippen molar-refractivity contribution in [3.05, 3.63) is 0 Å². The third kappa shape index (κ3) is 3.73. The molecule has 5 aliphatic carbocycles. The SMILES string of the molecule is CC(=O)O[C@H]1[C@@H]2[C@H]([C@H](C)[C@H]3O[C@]34OC(=O)[C@@](C)(O)[C@]24C)[C@@]2(C)[C@@H](OC(C)=O)CC3C([C@H]12)[C@@H](O)C(=O)[C@H]1C[C@@H]2O[C@@H]2[C@H](OC(=O)C(C)C)[C@]31C. The van der Waals surface area contributed by atoms with E-state index in [1.165, 1.54) is 20.8 Å². The number of aliphatic hydroxyl groups is 2. The zero-order chi connectivity index (χ0) is 35.7. The van der Waals surface area contributed by atoms with Gasteiger partial charge in [0.15, 0.2) is 11.4 Å². The molecule has 3 aliphatic heterocycles. The molecule has 1 spiro atoms. The summed E-state index contributed by atoms with van der Waals surface area (Å²) in [5.41, 5.74) is -5.56. The number of rotatable bonds is 4. The van der Waals surface area contributed by atoms with Crippen LogP contribution in [0.4, 0.5) is 0 Å². The molecule has 0 aromatic heterocycles. The predicted molar refractivity (Wildman–Crippen MR) is 163 cm³/mol. The van der Waals surface area contributed by atoms with Crippen molar-refractivity contribution in [3.8, 4) is 0 Å². The van der Waals surface area contributed by atoms with Gasteiger partial charge in [-0.15, -0.1) is 0 Å². The molecule has 8 fully saturated rings. The highest BCUT2D eigenvalue weighted by Crippen LogP contribution is 2.81. The normalized spacial score (nSPS) is 57.2. The molecule has 3 saturated heterocycles. The smallest absolute Gasteiger partial charge is 0.341 e. The molecule has 49 heavy (non-hydrogen) atoms. The Morgan fingerprint density at radius 1 is 0.918 bits per heavy atom. The topological polar surface area (TPSA) is 188 Å². The molecule has 8 aliphatic rings. The van der Waals surface area contributed by atoms with Crippen LogP contribution in [0.5, 0.6) is 0 Å². The number of carbonyl (C=O) groups is 5. The molecule has 13 nitrogen and oxygen atoms in total. The number of Topliss-reactive ketones (excluding diaryl/α,β-unsaturated/α-hetero) is 1. The van der Waals surface area contributed by atoms with E-state index in [4.69, 9.17) is 28.4 Å². The zero-order valence-electron chi connectivity index (χ0n) is 29.5. The molecule has 0 bridgehead atoms. The molecule has 8 rings (SSSR count). The van der Waals surface area contributed by atoms with E-state index in [0.717, 1.165) is 0 Å². The first-order valence-electron chi connectivity index (χ1n) is 17.8. The van der Waals surface area contributed by atoms with E-state index >= 15 is 0 Å². The van der Waals surface area contributed by atoms with Gasteiger partial charge in [0, 0.05) is 48.3 Å². The average Bonchev–Trinajstić information content (AvgIpc) is 3.91. The van der Waals surface area contributed by atoms with Gasteiger partial charge in [-0.05, 0) is 44.4 Å². The molecule has 5 saturated carbocycles. The van der Waals surface area contributed by atoms with Gasteiger partial charge in [0.05, 0.1) is 17.4 Å². The van der Waals surface area contributed by atoms with Gasteiger partial charge in [-0.2, -0.15) is 0 Å². The van der Waals surface area contributed by atoms with Crippen LogP contribution in [-0.2, 0) is 52.4 Å². The third-order valence-electron chi connectivity index (χ3n) is 15.2. The van der Waals surface area contributed by atoms with E-state index in [0.29, 0.717) is 6.42 Å². The monoisotopic (exact) mass is 688 g/mol. The van der Waals surface area contributed by atoms with Gasteiger partial charge < -0.3 is 38.6 Å². The second-order valence-electron chi connectivity index (χ2n) is 17.4. The summed E-state index contributed by atoms with van der Waals surface area (Å²) in [4.78, 5) is 67.1. The lowest BCUT2D eigenvalue weighted by Gasteiger charge is -2.63. The highest BCUT2D eigenvalue weighted by molar-refractivity contribution is 5.88. The van der Waals surface area contributed by atoms with Crippen LogP contribution in [0.25, 0.3) is 0 Å². The van der Waals surface area contributed by atoms with Gasteiger partial charge >= 0.3 is 23.9 Å². The molecule has 19 atom stereocenters. The minimum atomic E-state index is -2.06. The van der Waals surface area contributed by atoms with E-state index in [2.05, 4.69) is 0 Å². The Kier molecular flexibility index (Phi) is 6.73. The van der Waals surface area contributed by atoms with Gasteiger partial charge in [-0.25, -0.2) is 4.79 Å². The quantitative estimate of drug-likeness (QED) is 0.247. The Bertz CT molecular complexity index is 1560. The second kappa shape index (κ2) is 9.83. The average molecular weight is 689 g/mol. The minimum Gasteiger partial charge on any atom is -0.462 e. The van der Waals surface area contributed by atoms with Gasteiger partial charge in [-0.1, -0.05) is 34.6 Å². The van der Waals surface area contributed by atoms with Crippen molar-refractivity contribution in [1.29, 1.82) is 0 Å². The fraction of sp³-hybridized carbons (Fsp3) is 0.861. The van der Waals surface area contributed by atoms with Crippen molar-refractivity contribution in [2.45, 2.75) is 129 Å². The first-order chi connectivity index (χ1) is 22.7. The van der Waals surface area contributed by atoms with Gasteiger partial charge in [0.1, 0.15) is 36.6 Å². The summed E-state index contributed by atoms with van der Waals surface area (Å²) in [6.45, 7) is 15.0.